The molecule has 0 saturated heterocycles. The number of ether oxygens (including phenoxy) is 2. The van der Waals surface area contributed by atoms with Gasteiger partial charge in [-0.25, -0.2) is 8.42 Å². The van der Waals surface area contributed by atoms with Crippen LogP contribution < -0.4 is 13.8 Å². The third-order valence-corrected chi connectivity index (χ3v) is 5.24. The molecule has 0 aromatic heterocycles. The number of anilines is 1. The van der Waals surface area contributed by atoms with Crippen molar-refractivity contribution in [3.8, 4) is 11.5 Å². The first-order valence-electron chi connectivity index (χ1n) is 7.86. The molecule has 0 saturated carbocycles. The van der Waals surface area contributed by atoms with E-state index >= 15 is 0 Å². The fourth-order valence-electron chi connectivity index (χ4n) is 2.44. The van der Waals surface area contributed by atoms with Crippen LogP contribution in [0.5, 0.6) is 11.5 Å². The number of halogens is 1. The predicted octanol–water partition coefficient (Wildman–Crippen LogP) is 2.38. The molecule has 0 spiro atoms. The van der Waals surface area contributed by atoms with E-state index in [1.165, 1.54) is 26.4 Å². The number of amides is 1. The van der Waals surface area contributed by atoms with Gasteiger partial charge in [-0.1, -0.05) is 11.6 Å². The number of hydrogen-bond acceptors (Lipinski definition) is 5. The van der Waals surface area contributed by atoms with Crippen molar-refractivity contribution < 1.29 is 22.7 Å². The zero-order valence-corrected chi connectivity index (χ0v) is 16.8. The summed E-state index contributed by atoms with van der Waals surface area (Å²) in [6.07, 6.45) is 1.14. The summed E-state index contributed by atoms with van der Waals surface area (Å²) in [5.41, 5.74) is 0.276. The molecular weight excluding hydrogens is 368 g/mol. The smallest absolute Gasteiger partial charge is 0.232 e. The minimum absolute atomic E-state index is 0.00465. The summed E-state index contributed by atoms with van der Waals surface area (Å²) in [6, 6.07) is 2.98. The molecule has 25 heavy (non-hydrogen) atoms. The van der Waals surface area contributed by atoms with Crippen molar-refractivity contribution in [2.45, 2.75) is 20.3 Å². The summed E-state index contributed by atoms with van der Waals surface area (Å²) >= 11 is 6.07. The minimum atomic E-state index is -3.64. The zero-order chi connectivity index (χ0) is 19.2. The van der Waals surface area contributed by atoms with Crippen LogP contribution in [0.2, 0.25) is 5.02 Å². The van der Waals surface area contributed by atoms with Crippen LogP contribution in [0.4, 0.5) is 5.69 Å². The Hall–Kier alpha value is -1.67. The van der Waals surface area contributed by atoms with Crippen molar-refractivity contribution in [2.24, 2.45) is 0 Å². The average molecular weight is 393 g/mol. The molecule has 0 aliphatic carbocycles. The van der Waals surface area contributed by atoms with Gasteiger partial charge in [-0.05, 0) is 13.8 Å². The van der Waals surface area contributed by atoms with E-state index in [0.29, 0.717) is 23.9 Å². The summed E-state index contributed by atoms with van der Waals surface area (Å²) in [7, 11) is -0.783. The Morgan fingerprint density at radius 2 is 1.68 bits per heavy atom. The highest BCUT2D eigenvalue weighted by atomic mass is 35.5. The molecule has 0 aliphatic rings. The molecule has 0 unspecified atom stereocenters. The molecule has 0 N–H and O–H groups in total. The first-order chi connectivity index (χ1) is 11.7. The van der Waals surface area contributed by atoms with Gasteiger partial charge in [0.1, 0.15) is 11.5 Å². The Labute approximate surface area is 154 Å². The monoisotopic (exact) mass is 392 g/mol. The van der Waals surface area contributed by atoms with Gasteiger partial charge in [0.2, 0.25) is 15.9 Å². The van der Waals surface area contributed by atoms with Gasteiger partial charge in [0.15, 0.2) is 0 Å². The van der Waals surface area contributed by atoms with E-state index in [9.17, 15) is 13.2 Å². The quantitative estimate of drug-likeness (QED) is 0.644. The van der Waals surface area contributed by atoms with E-state index in [1.807, 2.05) is 13.8 Å². The highest BCUT2D eigenvalue weighted by Gasteiger charge is 2.24. The van der Waals surface area contributed by atoms with Crippen molar-refractivity contribution in [3.63, 3.8) is 0 Å². The number of nitrogens with zero attached hydrogens (tertiary/aromatic N) is 2. The molecule has 1 aromatic rings. The minimum Gasteiger partial charge on any atom is -0.495 e. The molecule has 0 atom stereocenters. The SMILES string of the molecule is CCN(CC)C(=O)CCN(c1cc(OC)c(Cl)cc1OC)S(C)(=O)=O. The predicted molar refractivity (Wildman–Crippen MR) is 99.3 cm³/mol. The molecule has 7 nitrogen and oxygen atoms in total. The van der Waals surface area contributed by atoms with Crippen molar-refractivity contribution in [1.29, 1.82) is 0 Å². The van der Waals surface area contributed by atoms with Gasteiger partial charge < -0.3 is 14.4 Å². The summed E-state index contributed by atoms with van der Waals surface area (Å²) in [5, 5.41) is 0.302. The second-order valence-electron chi connectivity index (χ2n) is 5.31. The fourth-order valence-corrected chi connectivity index (χ4v) is 3.59. The normalized spacial score (nSPS) is 11.1. The van der Waals surface area contributed by atoms with Gasteiger partial charge in [0, 0.05) is 38.2 Å². The van der Waals surface area contributed by atoms with Crippen LogP contribution in [0.15, 0.2) is 12.1 Å². The van der Waals surface area contributed by atoms with E-state index in [-0.39, 0.29) is 30.3 Å². The summed E-state index contributed by atoms with van der Waals surface area (Å²) in [5.74, 6) is 0.492. The number of rotatable bonds is 9. The number of carbonyl (C=O) groups excluding carboxylic acids is 1. The Morgan fingerprint density at radius 1 is 1.12 bits per heavy atom. The molecule has 1 aromatic carbocycles. The third kappa shape index (κ3) is 5.40. The van der Waals surface area contributed by atoms with Crippen LogP contribution in [0.25, 0.3) is 0 Å². The molecule has 1 amide bonds. The second-order valence-corrected chi connectivity index (χ2v) is 7.62. The summed E-state index contributed by atoms with van der Waals surface area (Å²) < 4.78 is 36.1. The Bertz CT molecular complexity index is 705. The van der Waals surface area contributed by atoms with Crippen LogP contribution in [0.3, 0.4) is 0 Å². The van der Waals surface area contributed by atoms with E-state index in [1.54, 1.807) is 4.90 Å². The molecule has 0 aliphatic heterocycles. The maximum atomic E-state index is 12.3. The number of methoxy groups -OCH3 is 2. The standard InChI is InChI=1S/C16H25ClN2O5S/c1-6-18(7-2)16(20)8-9-19(25(5,21)22)13-11-14(23-3)12(17)10-15(13)24-4/h10-11H,6-9H2,1-5H3. The number of sulfonamides is 1. The number of hydrogen-bond donors (Lipinski definition) is 0. The van der Waals surface area contributed by atoms with Gasteiger partial charge in [-0.3, -0.25) is 9.10 Å². The first-order valence-corrected chi connectivity index (χ1v) is 10.1. The maximum absolute atomic E-state index is 12.3. The van der Waals surface area contributed by atoms with E-state index in [2.05, 4.69) is 0 Å². The van der Waals surface area contributed by atoms with Crippen molar-refractivity contribution in [2.75, 3.05) is 44.4 Å². The lowest BCUT2D eigenvalue weighted by atomic mass is 10.2. The first kappa shape index (κ1) is 21.4. The molecule has 0 radical (unpaired) electrons. The molecule has 0 bridgehead atoms. The Kier molecular flexibility index (Phi) is 7.82. The molecule has 0 heterocycles. The molecule has 1 rings (SSSR count). The van der Waals surface area contributed by atoms with Gasteiger partial charge in [0.05, 0.1) is 31.2 Å². The average Bonchev–Trinajstić information content (AvgIpc) is 2.55. The van der Waals surface area contributed by atoms with E-state index in [4.69, 9.17) is 21.1 Å². The highest BCUT2D eigenvalue weighted by molar-refractivity contribution is 7.92. The van der Waals surface area contributed by atoms with Crippen molar-refractivity contribution in [3.05, 3.63) is 17.2 Å². The Morgan fingerprint density at radius 3 is 2.12 bits per heavy atom. The van der Waals surface area contributed by atoms with Crippen molar-refractivity contribution in [1.82, 2.24) is 4.90 Å². The lowest BCUT2D eigenvalue weighted by Crippen LogP contribution is -2.37. The second kappa shape index (κ2) is 9.15. The van der Waals surface area contributed by atoms with Crippen LogP contribution in [0, 0.1) is 0 Å². The lowest BCUT2D eigenvalue weighted by Gasteiger charge is -2.26. The van der Waals surface area contributed by atoms with E-state index in [0.717, 1.165) is 10.6 Å². The summed E-state index contributed by atoms with van der Waals surface area (Å²) in [6.45, 7) is 4.90. The molecule has 0 fully saturated rings. The molecule has 142 valence electrons. The number of benzene rings is 1. The molecular formula is C16H25ClN2O5S. The van der Waals surface area contributed by atoms with Gasteiger partial charge in [-0.2, -0.15) is 0 Å². The maximum Gasteiger partial charge on any atom is 0.232 e. The number of carbonyl (C=O) groups is 1. The van der Waals surface area contributed by atoms with Crippen LogP contribution in [-0.2, 0) is 14.8 Å². The van der Waals surface area contributed by atoms with Crippen LogP contribution in [0.1, 0.15) is 20.3 Å². The van der Waals surface area contributed by atoms with E-state index < -0.39 is 10.0 Å². The zero-order valence-electron chi connectivity index (χ0n) is 15.2. The van der Waals surface area contributed by atoms with Crippen LogP contribution >= 0.6 is 11.6 Å². The largest absolute Gasteiger partial charge is 0.495 e. The van der Waals surface area contributed by atoms with Gasteiger partial charge >= 0.3 is 0 Å². The third-order valence-electron chi connectivity index (χ3n) is 3.77. The van der Waals surface area contributed by atoms with Crippen LogP contribution in [-0.4, -0.2) is 59.3 Å². The molecule has 9 heteroatoms. The van der Waals surface area contributed by atoms with Crippen molar-refractivity contribution >= 4 is 33.2 Å². The lowest BCUT2D eigenvalue weighted by molar-refractivity contribution is -0.130. The topological polar surface area (TPSA) is 76.2 Å². The van der Waals surface area contributed by atoms with Gasteiger partial charge in [-0.15, -0.1) is 0 Å². The summed E-state index contributed by atoms with van der Waals surface area (Å²) in [4.78, 5) is 13.9. The van der Waals surface area contributed by atoms with Gasteiger partial charge in [0.25, 0.3) is 0 Å². The fraction of sp³-hybridized carbons (Fsp3) is 0.562. The highest BCUT2D eigenvalue weighted by Crippen LogP contribution is 2.39. The Balaban J connectivity index is 3.23.